The van der Waals surface area contributed by atoms with Crippen molar-refractivity contribution in [3.8, 4) is 0 Å². The fourth-order valence-corrected chi connectivity index (χ4v) is 3.08. The molecule has 4 rings (SSSR count). The number of nitrogens with zero attached hydrogens (tertiary/aromatic N) is 6. The molecule has 2 aliphatic rings. The van der Waals surface area contributed by atoms with Crippen molar-refractivity contribution in [3.05, 3.63) is 29.1 Å². The van der Waals surface area contributed by atoms with Gasteiger partial charge in [0, 0.05) is 13.1 Å². The summed E-state index contributed by atoms with van der Waals surface area (Å²) >= 11 is 0. The highest BCUT2D eigenvalue weighted by Gasteiger charge is 2.41. The number of aryl methyl sites for hydroxylation is 1. The van der Waals surface area contributed by atoms with E-state index < -0.39 is 30.0 Å². The van der Waals surface area contributed by atoms with E-state index in [1.165, 1.54) is 11.7 Å². The summed E-state index contributed by atoms with van der Waals surface area (Å²) in [6.07, 6.45) is -3.80. The summed E-state index contributed by atoms with van der Waals surface area (Å²) in [5, 5.41) is 12.9. The highest BCUT2D eigenvalue weighted by Crippen LogP contribution is 2.31. The number of carbonyl (C=O) groups excluding carboxylic acids is 2. The maximum Gasteiger partial charge on any atom is 0.433 e. The van der Waals surface area contributed by atoms with Crippen LogP contribution in [0.15, 0.2) is 12.1 Å². The Bertz CT molecular complexity index is 992. The van der Waals surface area contributed by atoms with Crippen molar-refractivity contribution in [3.63, 3.8) is 0 Å². The molecule has 2 amide bonds. The van der Waals surface area contributed by atoms with Gasteiger partial charge in [0.25, 0.3) is 5.91 Å². The Hall–Kier alpha value is -3.29. The van der Waals surface area contributed by atoms with E-state index in [4.69, 9.17) is 9.47 Å². The van der Waals surface area contributed by atoms with Gasteiger partial charge in [0.1, 0.15) is 11.8 Å². The summed E-state index contributed by atoms with van der Waals surface area (Å²) in [5.74, 6) is -0.736. The Labute approximate surface area is 173 Å². The maximum absolute atomic E-state index is 13.1. The largest absolute Gasteiger partial charge is 0.442 e. The first-order valence-electron chi connectivity index (χ1n) is 9.38. The number of cyclic esters (lactones) is 1. The first-order chi connectivity index (χ1) is 14.7. The number of pyridine rings is 1. The van der Waals surface area contributed by atoms with Gasteiger partial charge in [-0.3, -0.25) is 10.1 Å². The van der Waals surface area contributed by atoms with E-state index in [9.17, 15) is 22.8 Å². The molecule has 14 heteroatoms. The zero-order valence-corrected chi connectivity index (χ0v) is 16.3. The summed E-state index contributed by atoms with van der Waals surface area (Å²) in [6, 6.07) is 1.91. The number of anilines is 1. The predicted molar refractivity (Wildman–Crippen MR) is 95.6 cm³/mol. The molecule has 1 saturated heterocycles. The Morgan fingerprint density at radius 1 is 1.35 bits per heavy atom. The van der Waals surface area contributed by atoms with Gasteiger partial charge < -0.3 is 14.4 Å². The molecule has 166 valence electrons. The third-order valence-electron chi connectivity index (χ3n) is 4.79. The van der Waals surface area contributed by atoms with Crippen LogP contribution in [-0.4, -0.2) is 67.4 Å². The lowest BCUT2D eigenvalue weighted by atomic mass is 10.1. The van der Waals surface area contributed by atoms with E-state index in [0.717, 1.165) is 18.9 Å². The van der Waals surface area contributed by atoms with Crippen LogP contribution in [0.25, 0.3) is 0 Å². The molecular weight excluding hydrogens is 423 g/mol. The highest BCUT2D eigenvalue weighted by atomic mass is 19.4. The van der Waals surface area contributed by atoms with E-state index >= 15 is 0 Å². The Balaban J connectivity index is 1.45. The summed E-state index contributed by atoms with van der Waals surface area (Å²) in [4.78, 5) is 29.6. The number of ether oxygens (including phenoxy) is 2. The minimum atomic E-state index is -4.69. The Morgan fingerprint density at radius 3 is 2.77 bits per heavy atom. The van der Waals surface area contributed by atoms with Gasteiger partial charge in [-0.25, -0.2) is 14.5 Å². The number of halogens is 3. The number of aromatic nitrogens is 5. The number of alkyl halides is 3. The van der Waals surface area contributed by atoms with E-state index in [-0.39, 0.29) is 36.5 Å². The molecule has 0 radical (unpaired) electrons. The molecular formula is C17H18F3N7O4. The lowest BCUT2D eigenvalue weighted by Gasteiger charge is -2.14. The monoisotopic (exact) mass is 441 g/mol. The average Bonchev–Trinajstić information content (AvgIpc) is 3.38. The van der Waals surface area contributed by atoms with Gasteiger partial charge in [-0.1, -0.05) is 5.10 Å². The first-order valence-corrected chi connectivity index (χ1v) is 9.38. The molecule has 2 aromatic heterocycles. The normalized spacial score (nSPS) is 18.9. The topological polar surface area (TPSA) is 124 Å². The van der Waals surface area contributed by atoms with Crippen molar-refractivity contribution < 1.29 is 32.2 Å². The molecule has 1 N–H and O–H groups in total. The van der Waals surface area contributed by atoms with E-state index in [1.54, 1.807) is 4.90 Å². The van der Waals surface area contributed by atoms with Crippen LogP contribution in [0, 0.1) is 0 Å². The SMILES string of the molecule is Cn1nnnc1NC(=O)c1ccc(C(F)(F)F)nc1COC[C@@H]1CN(C2CC2)C(=O)O1. The van der Waals surface area contributed by atoms with Gasteiger partial charge >= 0.3 is 12.3 Å². The molecule has 31 heavy (non-hydrogen) atoms. The summed E-state index contributed by atoms with van der Waals surface area (Å²) in [5.41, 5.74) is -1.50. The molecule has 1 saturated carbocycles. The number of nitrogens with one attached hydrogen (secondary N) is 1. The fraction of sp³-hybridized carbons (Fsp3) is 0.529. The fourth-order valence-electron chi connectivity index (χ4n) is 3.08. The molecule has 0 unspecified atom stereocenters. The summed E-state index contributed by atoms with van der Waals surface area (Å²) in [6.45, 7) is -0.0750. The Kier molecular flexibility index (Phi) is 5.47. The third-order valence-corrected chi connectivity index (χ3v) is 4.79. The molecule has 0 spiro atoms. The lowest BCUT2D eigenvalue weighted by molar-refractivity contribution is -0.141. The second-order valence-corrected chi connectivity index (χ2v) is 7.17. The summed E-state index contributed by atoms with van der Waals surface area (Å²) < 4.78 is 51.1. The highest BCUT2D eigenvalue weighted by molar-refractivity contribution is 6.04. The molecule has 0 aromatic carbocycles. The molecule has 2 aromatic rings. The van der Waals surface area contributed by atoms with Crippen molar-refractivity contribution in [2.75, 3.05) is 18.5 Å². The lowest BCUT2D eigenvalue weighted by Crippen LogP contribution is -2.28. The second kappa shape index (κ2) is 8.09. The maximum atomic E-state index is 13.1. The van der Waals surface area contributed by atoms with Crippen molar-refractivity contribution in [1.82, 2.24) is 30.1 Å². The number of hydrogen-bond donors (Lipinski definition) is 1. The minimum Gasteiger partial charge on any atom is -0.442 e. The molecule has 0 bridgehead atoms. The number of amides is 2. The number of rotatable bonds is 7. The van der Waals surface area contributed by atoms with E-state index in [2.05, 4.69) is 25.8 Å². The second-order valence-electron chi connectivity index (χ2n) is 7.17. The third kappa shape index (κ3) is 4.73. The molecule has 1 atom stereocenters. The molecule has 1 aliphatic heterocycles. The van der Waals surface area contributed by atoms with Crippen LogP contribution in [-0.2, 0) is 29.3 Å². The van der Waals surface area contributed by atoms with Gasteiger partial charge in [0.2, 0.25) is 5.95 Å². The van der Waals surface area contributed by atoms with Crippen molar-refractivity contribution in [2.45, 2.75) is 37.8 Å². The number of hydrogen-bond acceptors (Lipinski definition) is 8. The number of tetrazole rings is 1. The van der Waals surface area contributed by atoms with Gasteiger partial charge in [0.15, 0.2) is 0 Å². The zero-order chi connectivity index (χ0) is 22.2. The smallest absolute Gasteiger partial charge is 0.433 e. The first kappa shape index (κ1) is 21.0. The molecule has 11 nitrogen and oxygen atoms in total. The standard InChI is InChI=1S/C17H18F3N7O4/c1-26-15(23-24-25-26)22-14(28)11-4-5-13(17(18,19)20)21-12(11)8-30-7-10-6-27(9-2-3-9)16(29)31-10/h4-5,9-10H,2-3,6-8H2,1H3,(H,22,23,25,28)/t10-/m0/s1. The predicted octanol–water partition coefficient (Wildman–Crippen LogP) is 1.38. The Morgan fingerprint density at radius 2 is 2.13 bits per heavy atom. The van der Waals surface area contributed by atoms with Crippen LogP contribution in [0.4, 0.5) is 23.9 Å². The van der Waals surface area contributed by atoms with Crippen molar-refractivity contribution in [1.29, 1.82) is 0 Å². The average molecular weight is 441 g/mol. The molecule has 3 heterocycles. The van der Waals surface area contributed by atoms with Crippen molar-refractivity contribution in [2.24, 2.45) is 7.05 Å². The molecule has 2 fully saturated rings. The van der Waals surface area contributed by atoms with E-state index in [0.29, 0.717) is 12.6 Å². The van der Waals surface area contributed by atoms with Crippen LogP contribution in [0.3, 0.4) is 0 Å². The van der Waals surface area contributed by atoms with E-state index in [1.807, 2.05) is 0 Å². The van der Waals surface area contributed by atoms with Crippen LogP contribution < -0.4 is 5.32 Å². The molecule has 1 aliphatic carbocycles. The van der Waals surface area contributed by atoms with Crippen LogP contribution in [0.2, 0.25) is 0 Å². The van der Waals surface area contributed by atoms with Crippen LogP contribution in [0.5, 0.6) is 0 Å². The van der Waals surface area contributed by atoms with Gasteiger partial charge in [-0.15, -0.1) is 0 Å². The minimum absolute atomic E-state index is 0.00908. The summed E-state index contributed by atoms with van der Waals surface area (Å²) in [7, 11) is 1.48. The van der Waals surface area contributed by atoms with Crippen LogP contribution in [0.1, 0.15) is 34.6 Å². The number of carbonyl (C=O) groups is 2. The van der Waals surface area contributed by atoms with Crippen molar-refractivity contribution >= 4 is 17.9 Å². The van der Waals surface area contributed by atoms with Gasteiger partial charge in [-0.05, 0) is 35.4 Å². The van der Waals surface area contributed by atoms with Crippen LogP contribution >= 0.6 is 0 Å². The van der Waals surface area contributed by atoms with Gasteiger partial charge in [0.05, 0.1) is 31.0 Å². The quantitative estimate of drug-likeness (QED) is 0.683. The zero-order valence-electron chi connectivity index (χ0n) is 16.3. The van der Waals surface area contributed by atoms with Gasteiger partial charge in [-0.2, -0.15) is 13.2 Å².